The van der Waals surface area contributed by atoms with Crippen molar-refractivity contribution < 1.29 is 19.4 Å². The van der Waals surface area contributed by atoms with Crippen LogP contribution in [-0.2, 0) is 10.2 Å². The van der Waals surface area contributed by atoms with E-state index < -0.39 is 40.9 Å². The zero-order valence-corrected chi connectivity index (χ0v) is 19.6. The Balaban J connectivity index is 1.82. The number of hydrogen-bond donors (Lipinski definition) is 4. The topological polar surface area (TPSA) is 107 Å². The fourth-order valence-electron chi connectivity index (χ4n) is 6.54. The van der Waals surface area contributed by atoms with E-state index in [0.29, 0.717) is 24.2 Å². The van der Waals surface area contributed by atoms with Gasteiger partial charge in [-0.05, 0) is 55.7 Å². The predicted molar refractivity (Wildman–Crippen MR) is 122 cm³/mol. The Labute approximate surface area is 196 Å². The zero-order valence-electron chi connectivity index (χ0n) is 18.8. The number of carboxylic acids is 1. The molecule has 1 aliphatic carbocycles. The number of aromatic nitrogens is 2. The van der Waals surface area contributed by atoms with E-state index in [4.69, 9.17) is 11.6 Å². The van der Waals surface area contributed by atoms with E-state index in [2.05, 4.69) is 34.4 Å². The molecular weight excluding hydrogens is 447 g/mol. The number of nitrogens with one attached hydrogen (secondary N) is 2. The van der Waals surface area contributed by atoms with Crippen molar-refractivity contribution in [3.63, 3.8) is 0 Å². The summed E-state index contributed by atoms with van der Waals surface area (Å²) in [5.41, 5.74) is -0.794. The summed E-state index contributed by atoms with van der Waals surface area (Å²) in [6.45, 7) is 5.94. The average molecular weight is 475 g/mol. The molecule has 0 amide bonds. The number of halogens is 2. The van der Waals surface area contributed by atoms with Crippen molar-refractivity contribution in [3.8, 4) is 0 Å². The Morgan fingerprint density at radius 1 is 1.21 bits per heavy atom. The standard InChI is InChI=1S/C24H28ClFN4O3/c1-12-17(26)13(6-11-27-12)16-18(20(31)32)30-23(9-7-22(2,3)8-10-23)24(16)14-4-5-15(25)28-19(14)29-21(24)33/h4-6,11,16,18,21,30,33H,7-10H2,1-3H3,(H,28,29)(H,31,32)/t16-,18+,21?,24?/m0/s1. The summed E-state index contributed by atoms with van der Waals surface area (Å²) >= 11 is 6.15. The largest absolute Gasteiger partial charge is 0.480 e. The van der Waals surface area contributed by atoms with Gasteiger partial charge in [-0.2, -0.15) is 0 Å². The van der Waals surface area contributed by atoms with E-state index in [0.717, 1.165) is 12.8 Å². The maximum absolute atomic E-state index is 15.6. The van der Waals surface area contributed by atoms with E-state index in [1.54, 1.807) is 19.1 Å². The molecule has 0 aromatic carbocycles. The first kappa shape index (κ1) is 22.5. The second-order valence-electron chi connectivity index (χ2n) is 10.4. The monoisotopic (exact) mass is 474 g/mol. The lowest BCUT2D eigenvalue weighted by Crippen LogP contribution is -2.62. The highest BCUT2D eigenvalue weighted by atomic mass is 35.5. The molecule has 2 fully saturated rings. The van der Waals surface area contributed by atoms with Crippen LogP contribution in [0.4, 0.5) is 10.2 Å². The van der Waals surface area contributed by atoms with Crippen molar-refractivity contribution >= 4 is 23.4 Å². The molecule has 7 nitrogen and oxygen atoms in total. The third-order valence-corrected chi connectivity index (χ3v) is 8.42. The van der Waals surface area contributed by atoms with Gasteiger partial charge in [0.05, 0.1) is 11.1 Å². The molecule has 5 rings (SSSR count). The molecule has 0 radical (unpaired) electrons. The van der Waals surface area contributed by atoms with E-state index >= 15 is 4.39 Å². The van der Waals surface area contributed by atoms with Crippen LogP contribution in [0.15, 0.2) is 24.4 Å². The number of hydrogen-bond acceptors (Lipinski definition) is 6. The average Bonchev–Trinajstić information content (AvgIpc) is 3.20. The van der Waals surface area contributed by atoms with Gasteiger partial charge >= 0.3 is 5.97 Å². The smallest absolute Gasteiger partial charge is 0.321 e. The van der Waals surface area contributed by atoms with Gasteiger partial charge in [0.25, 0.3) is 0 Å². The van der Waals surface area contributed by atoms with Gasteiger partial charge in [-0.3, -0.25) is 15.1 Å². The van der Waals surface area contributed by atoms with Crippen molar-refractivity contribution in [3.05, 3.63) is 52.2 Å². The molecule has 33 heavy (non-hydrogen) atoms. The first-order valence-corrected chi connectivity index (χ1v) is 11.6. The van der Waals surface area contributed by atoms with Crippen LogP contribution >= 0.6 is 11.6 Å². The lowest BCUT2D eigenvalue weighted by Gasteiger charge is -2.52. The molecule has 1 saturated heterocycles. The molecule has 4 atom stereocenters. The van der Waals surface area contributed by atoms with Crippen LogP contribution in [0.3, 0.4) is 0 Å². The van der Waals surface area contributed by atoms with Gasteiger partial charge < -0.3 is 15.5 Å². The summed E-state index contributed by atoms with van der Waals surface area (Å²) in [7, 11) is 0. The van der Waals surface area contributed by atoms with Crippen LogP contribution in [0.25, 0.3) is 0 Å². The minimum absolute atomic E-state index is 0.0848. The Morgan fingerprint density at radius 2 is 1.91 bits per heavy atom. The van der Waals surface area contributed by atoms with Crippen molar-refractivity contribution in [2.45, 2.75) is 75.6 Å². The molecule has 2 unspecified atom stereocenters. The second kappa shape index (κ2) is 7.35. The number of aliphatic carboxylic acids is 1. The number of pyridine rings is 2. The van der Waals surface area contributed by atoms with E-state index in [1.807, 2.05) is 0 Å². The van der Waals surface area contributed by atoms with Crippen LogP contribution in [0.2, 0.25) is 5.15 Å². The van der Waals surface area contributed by atoms with Gasteiger partial charge in [-0.15, -0.1) is 0 Å². The van der Waals surface area contributed by atoms with Gasteiger partial charge in [-0.25, -0.2) is 9.37 Å². The minimum Gasteiger partial charge on any atom is -0.480 e. The van der Waals surface area contributed by atoms with Gasteiger partial charge in [0.2, 0.25) is 0 Å². The number of nitrogens with zero attached hydrogens (tertiary/aromatic N) is 2. The van der Waals surface area contributed by atoms with Crippen molar-refractivity contribution in [2.24, 2.45) is 5.41 Å². The van der Waals surface area contributed by atoms with Gasteiger partial charge in [0, 0.05) is 23.2 Å². The number of rotatable bonds is 2. The lowest BCUT2D eigenvalue weighted by atomic mass is 9.53. The molecular formula is C24H28ClFN4O3. The first-order chi connectivity index (χ1) is 15.5. The normalized spacial score (nSPS) is 31.5. The molecule has 3 aliphatic rings. The summed E-state index contributed by atoms with van der Waals surface area (Å²) in [6, 6.07) is 3.86. The number of aliphatic hydroxyl groups excluding tert-OH is 1. The van der Waals surface area contributed by atoms with Crippen LogP contribution in [0, 0.1) is 18.2 Å². The zero-order chi connectivity index (χ0) is 23.8. The second-order valence-corrected chi connectivity index (χ2v) is 10.8. The maximum atomic E-state index is 15.6. The van der Waals surface area contributed by atoms with Crippen molar-refractivity contribution in [1.29, 1.82) is 0 Å². The Morgan fingerprint density at radius 3 is 2.58 bits per heavy atom. The maximum Gasteiger partial charge on any atom is 0.321 e. The van der Waals surface area contributed by atoms with E-state index in [1.165, 1.54) is 12.3 Å². The van der Waals surface area contributed by atoms with Crippen LogP contribution in [0.5, 0.6) is 0 Å². The van der Waals surface area contributed by atoms with Crippen molar-refractivity contribution in [1.82, 2.24) is 15.3 Å². The molecule has 4 heterocycles. The number of carboxylic acid groups (broad SMARTS) is 1. The van der Waals surface area contributed by atoms with Gasteiger partial charge in [0.15, 0.2) is 0 Å². The number of aryl methyl sites for hydroxylation is 1. The van der Waals surface area contributed by atoms with E-state index in [9.17, 15) is 15.0 Å². The Bertz CT molecular complexity index is 1130. The fraction of sp³-hybridized carbons (Fsp3) is 0.542. The van der Waals surface area contributed by atoms with Crippen LogP contribution in [-0.4, -0.2) is 44.0 Å². The molecule has 176 valence electrons. The molecule has 4 N–H and O–H groups in total. The lowest BCUT2D eigenvalue weighted by molar-refractivity contribution is -0.139. The highest BCUT2D eigenvalue weighted by molar-refractivity contribution is 6.29. The molecule has 2 aromatic rings. The molecule has 9 heteroatoms. The third-order valence-electron chi connectivity index (χ3n) is 8.21. The quantitative estimate of drug-likeness (QED) is 0.491. The van der Waals surface area contributed by atoms with E-state index in [-0.39, 0.29) is 21.8 Å². The Hall–Kier alpha value is -2.29. The molecule has 2 aromatic heterocycles. The van der Waals surface area contributed by atoms with Crippen molar-refractivity contribution in [2.75, 3.05) is 5.32 Å². The molecule has 2 spiro atoms. The highest BCUT2D eigenvalue weighted by Gasteiger charge is 2.72. The predicted octanol–water partition coefficient (Wildman–Crippen LogP) is 3.74. The third kappa shape index (κ3) is 3.03. The highest BCUT2D eigenvalue weighted by Crippen LogP contribution is 2.64. The number of fused-ring (bicyclic) bond motifs is 3. The molecule has 0 bridgehead atoms. The summed E-state index contributed by atoms with van der Waals surface area (Å²) in [5.74, 6) is -2.13. The number of aliphatic hydroxyl groups is 1. The SMILES string of the molecule is Cc1nccc([C@H]2[C@H](C(=O)O)NC3(CCC(C)(C)CC3)C23c2ccc(Cl)nc2NC3O)c1F. The van der Waals surface area contributed by atoms with Crippen LogP contribution in [0.1, 0.15) is 62.3 Å². The number of carbonyl (C=O) groups is 1. The summed E-state index contributed by atoms with van der Waals surface area (Å²) in [5, 5.41) is 28.7. The summed E-state index contributed by atoms with van der Waals surface area (Å²) in [6.07, 6.45) is 3.24. The van der Waals surface area contributed by atoms with Crippen LogP contribution < -0.4 is 10.6 Å². The number of anilines is 1. The minimum atomic E-state index is -1.19. The van der Waals surface area contributed by atoms with Gasteiger partial charge in [-0.1, -0.05) is 31.5 Å². The molecule has 1 saturated carbocycles. The summed E-state index contributed by atoms with van der Waals surface area (Å²) in [4.78, 5) is 21.0. The summed E-state index contributed by atoms with van der Waals surface area (Å²) < 4.78 is 15.6. The molecule has 2 aliphatic heterocycles. The van der Waals surface area contributed by atoms with Gasteiger partial charge in [0.1, 0.15) is 29.1 Å². The fourth-order valence-corrected chi connectivity index (χ4v) is 6.68. The Kier molecular flexibility index (Phi) is 5.01. The first-order valence-electron chi connectivity index (χ1n) is 11.3.